The molecule has 0 fully saturated rings. The van der Waals surface area contributed by atoms with Crippen LogP contribution in [0.4, 0.5) is 0 Å². The SMILES string of the molecule is C=C(C)C(=O)OC(C[n+]1ccccc1)CS(=O)(=O)O. The number of esters is 1. The second kappa shape index (κ2) is 6.44. The number of nitrogens with zero attached hydrogens (tertiary/aromatic N) is 1. The topological polar surface area (TPSA) is 84.5 Å². The van der Waals surface area contributed by atoms with Crippen molar-refractivity contribution in [2.24, 2.45) is 0 Å². The van der Waals surface area contributed by atoms with Gasteiger partial charge in [-0.25, -0.2) is 9.36 Å². The highest BCUT2D eigenvalue weighted by molar-refractivity contribution is 7.85. The third-order valence-electron chi connectivity index (χ3n) is 2.21. The molecule has 0 saturated carbocycles. The largest absolute Gasteiger partial charge is 0.451 e. The summed E-state index contributed by atoms with van der Waals surface area (Å²) in [6.07, 6.45) is 2.42. The Kier molecular flexibility index (Phi) is 5.20. The van der Waals surface area contributed by atoms with Gasteiger partial charge in [0.1, 0.15) is 5.75 Å². The number of hydrogen-bond acceptors (Lipinski definition) is 4. The second-order valence-corrected chi connectivity index (χ2v) is 5.63. The van der Waals surface area contributed by atoms with Crippen molar-refractivity contribution < 1.29 is 27.1 Å². The zero-order valence-corrected chi connectivity index (χ0v) is 11.3. The van der Waals surface area contributed by atoms with E-state index in [4.69, 9.17) is 9.29 Å². The summed E-state index contributed by atoms with van der Waals surface area (Å²) in [6, 6.07) is 5.31. The van der Waals surface area contributed by atoms with Crippen LogP contribution < -0.4 is 4.57 Å². The molecule has 1 aromatic heterocycles. The maximum Gasteiger partial charge on any atom is 0.333 e. The van der Waals surface area contributed by atoms with Gasteiger partial charge in [-0.05, 0) is 6.92 Å². The molecule has 1 heterocycles. The van der Waals surface area contributed by atoms with Crippen LogP contribution in [0.25, 0.3) is 0 Å². The molecule has 1 atom stereocenters. The molecular weight excluding hydrogens is 270 g/mol. The van der Waals surface area contributed by atoms with Crippen molar-refractivity contribution in [3.63, 3.8) is 0 Å². The Morgan fingerprint density at radius 3 is 2.42 bits per heavy atom. The van der Waals surface area contributed by atoms with E-state index in [0.29, 0.717) is 0 Å². The van der Waals surface area contributed by atoms with Gasteiger partial charge in [-0.15, -0.1) is 0 Å². The number of hydrogen-bond donors (Lipinski definition) is 1. The fourth-order valence-corrected chi connectivity index (χ4v) is 2.05. The molecule has 1 aromatic rings. The Bertz CT molecular complexity index is 553. The summed E-state index contributed by atoms with van der Waals surface area (Å²) in [4.78, 5) is 11.4. The Labute approximate surface area is 112 Å². The first-order chi connectivity index (χ1) is 8.78. The van der Waals surface area contributed by atoms with Crippen molar-refractivity contribution in [1.29, 1.82) is 0 Å². The zero-order valence-electron chi connectivity index (χ0n) is 10.5. The van der Waals surface area contributed by atoms with Crippen molar-refractivity contribution in [2.45, 2.75) is 19.6 Å². The van der Waals surface area contributed by atoms with Crippen molar-refractivity contribution in [3.8, 4) is 0 Å². The van der Waals surface area contributed by atoms with Crippen LogP contribution in [0.3, 0.4) is 0 Å². The molecule has 1 N–H and O–H groups in total. The minimum absolute atomic E-state index is 0.125. The van der Waals surface area contributed by atoms with E-state index < -0.39 is 27.9 Å². The molecule has 0 radical (unpaired) electrons. The molecule has 0 aliphatic rings. The molecule has 0 amide bonds. The third kappa shape index (κ3) is 6.12. The first kappa shape index (κ1) is 15.3. The summed E-state index contributed by atoms with van der Waals surface area (Å²) in [5.74, 6) is -1.35. The summed E-state index contributed by atoms with van der Waals surface area (Å²) in [5.41, 5.74) is 0.165. The van der Waals surface area contributed by atoms with Crippen LogP contribution >= 0.6 is 0 Å². The lowest BCUT2D eigenvalue weighted by atomic mass is 10.3. The van der Waals surface area contributed by atoms with E-state index in [0.717, 1.165) is 0 Å². The highest BCUT2D eigenvalue weighted by Crippen LogP contribution is 2.02. The van der Waals surface area contributed by atoms with Crippen molar-refractivity contribution >= 4 is 16.1 Å². The molecular formula is C12H16NO5S+. The van der Waals surface area contributed by atoms with Gasteiger partial charge in [-0.1, -0.05) is 12.6 Å². The maximum atomic E-state index is 11.4. The molecule has 6 nitrogen and oxygen atoms in total. The second-order valence-electron chi connectivity index (χ2n) is 4.13. The number of rotatable bonds is 6. The molecule has 104 valence electrons. The standard InChI is InChI=1S/C12H15NO5S/c1-10(2)12(14)18-11(9-19(15,16)17)8-13-6-4-3-5-7-13/h3-7,11H,1,8-9H2,2H3/p+1. The van der Waals surface area contributed by atoms with Crippen LogP contribution in [0.5, 0.6) is 0 Å². The van der Waals surface area contributed by atoms with Crippen LogP contribution in [0, 0.1) is 0 Å². The van der Waals surface area contributed by atoms with Crippen molar-refractivity contribution in [3.05, 3.63) is 42.7 Å². The summed E-state index contributed by atoms with van der Waals surface area (Å²) < 4.78 is 37.3. The minimum atomic E-state index is -4.23. The Hall–Kier alpha value is -1.73. The monoisotopic (exact) mass is 286 g/mol. The molecule has 1 unspecified atom stereocenters. The predicted octanol–water partition coefficient (Wildman–Crippen LogP) is 0.350. The van der Waals surface area contributed by atoms with Crippen molar-refractivity contribution in [1.82, 2.24) is 0 Å². The quantitative estimate of drug-likeness (QED) is 0.353. The van der Waals surface area contributed by atoms with E-state index in [2.05, 4.69) is 6.58 Å². The fourth-order valence-electron chi connectivity index (χ4n) is 1.40. The maximum absolute atomic E-state index is 11.4. The van der Waals surface area contributed by atoms with E-state index in [1.54, 1.807) is 35.2 Å². The first-order valence-electron chi connectivity index (χ1n) is 5.53. The molecule has 0 aliphatic carbocycles. The van der Waals surface area contributed by atoms with E-state index >= 15 is 0 Å². The lowest BCUT2D eigenvalue weighted by Gasteiger charge is -2.13. The summed E-state index contributed by atoms with van der Waals surface area (Å²) in [5, 5.41) is 0. The van der Waals surface area contributed by atoms with Crippen LogP contribution in [0.1, 0.15) is 6.92 Å². The number of pyridine rings is 1. The van der Waals surface area contributed by atoms with Crippen LogP contribution in [0.15, 0.2) is 42.7 Å². The Morgan fingerprint density at radius 1 is 1.37 bits per heavy atom. The summed E-state index contributed by atoms with van der Waals surface area (Å²) in [6.45, 7) is 5.00. The summed E-state index contributed by atoms with van der Waals surface area (Å²) >= 11 is 0. The van der Waals surface area contributed by atoms with Gasteiger partial charge in [-0.2, -0.15) is 8.42 Å². The normalized spacial score (nSPS) is 12.7. The molecule has 0 saturated heterocycles. The molecule has 0 aromatic carbocycles. The Morgan fingerprint density at radius 2 is 1.95 bits per heavy atom. The van der Waals surface area contributed by atoms with E-state index in [1.807, 2.05) is 0 Å². The van der Waals surface area contributed by atoms with Gasteiger partial charge in [0.25, 0.3) is 10.1 Å². The number of carbonyl (C=O) groups excluding carboxylic acids is 1. The Balaban J connectivity index is 2.80. The number of ether oxygens (including phenoxy) is 1. The van der Waals surface area contributed by atoms with Gasteiger partial charge in [-0.3, -0.25) is 4.55 Å². The van der Waals surface area contributed by atoms with Gasteiger partial charge in [0.05, 0.1) is 0 Å². The first-order valence-corrected chi connectivity index (χ1v) is 7.14. The number of aromatic nitrogens is 1. The van der Waals surface area contributed by atoms with Gasteiger partial charge in [0, 0.05) is 17.7 Å². The number of carbonyl (C=O) groups is 1. The van der Waals surface area contributed by atoms with Gasteiger partial charge < -0.3 is 4.74 Å². The molecule has 0 bridgehead atoms. The minimum Gasteiger partial charge on any atom is -0.451 e. The van der Waals surface area contributed by atoms with Crippen LogP contribution in [-0.2, 0) is 26.2 Å². The molecule has 19 heavy (non-hydrogen) atoms. The molecule has 0 aliphatic heterocycles. The van der Waals surface area contributed by atoms with Gasteiger partial charge in [0.15, 0.2) is 25.0 Å². The van der Waals surface area contributed by atoms with E-state index in [1.165, 1.54) is 6.92 Å². The van der Waals surface area contributed by atoms with E-state index in [-0.39, 0.29) is 12.1 Å². The van der Waals surface area contributed by atoms with Gasteiger partial charge in [0.2, 0.25) is 0 Å². The highest BCUT2D eigenvalue weighted by Gasteiger charge is 2.25. The van der Waals surface area contributed by atoms with Crippen LogP contribution in [0.2, 0.25) is 0 Å². The molecule has 7 heteroatoms. The predicted molar refractivity (Wildman–Crippen MR) is 67.7 cm³/mol. The lowest BCUT2D eigenvalue weighted by molar-refractivity contribution is -0.702. The fraction of sp³-hybridized carbons (Fsp3) is 0.333. The lowest BCUT2D eigenvalue weighted by Crippen LogP contribution is -2.43. The zero-order chi connectivity index (χ0) is 14.5. The van der Waals surface area contributed by atoms with Crippen molar-refractivity contribution in [2.75, 3.05) is 5.75 Å². The average Bonchev–Trinajstić information content (AvgIpc) is 2.27. The third-order valence-corrected chi connectivity index (χ3v) is 3.00. The molecule has 0 spiro atoms. The smallest absolute Gasteiger partial charge is 0.333 e. The average molecular weight is 286 g/mol. The highest BCUT2D eigenvalue weighted by atomic mass is 32.2. The molecule has 1 rings (SSSR count). The van der Waals surface area contributed by atoms with Crippen LogP contribution in [-0.4, -0.2) is 30.8 Å². The van der Waals surface area contributed by atoms with E-state index in [9.17, 15) is 13.2 Å². The summed E-state index contributed by atoms with van der Waals surface area (Å²) in [7, 11) is -4.23. The van der Waals surface area contributed by atoms with Gasteiger partial charge >= 0.3 is 5.97 Å².